The van der Waals surface area contributed by atoms with Crippen LogP contribution in [0.1, 0.15) is 17.3 Å². The molecule has 0 saturated carbocycles. The number of ether oxygens (including phenoxy) is 2. The Morgan fingerprint density at radius 2 is 1.77 bits per heavy atom. The van der Waals surface area contributed by atoms with Crippen molar-refractivity contribution < 1.29 is 22.7 Å². The Kier molecular flexibility index (Phi) is 6.46. The quantitative estimate of drug-likeness (QED) is 0.735. The molecule has 2 N–H and O–H groups in total. The lowest BCUT2D eigenvalue weighted by Gasteiger charge is -2.15. The first-order chi connectivity index (χ1) is 12.3. The van der Waals surface area contributed by atoms with Gasteiger partial charge in [-0.3, -0.25) is 9.52 Å². The minimum Gasteiger partial charge on any atom is -0.497 e. The fourth-order valence-electron chi connectivity index (χ4n) is 2.18. The monoisotopic (exact) mass is 378 g/mol. The third kappa shape index (κ3) is 6.29. The van der Waals surface area contributed by atoms with E-state index in [0.29, 0.717) is 23.6 Å². The third-order valence-corrected chi connectivity index (χ3v) is 3.97. The number of rotatable bonds is 8. The summed E-state index contributed by atoms with van der Waals surface area (Å²) in [6.45, 7) is 2.11. The van der Waals surface area contributed by atoms with Crippen LogP contribution in [0, 0.1) is 0 Å². The van der Waals surface area contributed by atoms with Crippen molar-refractivity contribution in [1.82, 2.24) is 5.32 Å². The minimum atomic E-state index is -3.40. The molecular weight excluding hydrogens is 356 g/mol. The van der Waals surface area contributed by atoms with Crippen molar-refractivity contribution in [2.24, 2.45) is 0 Å². The number of methoxy groups -OCH3 is 1. The van der Waals surface area contributed by atoms with Gasteiger partial charge in [-0.1, -0.05) is 6.07 Å². The molecule has 7 nitrogen and oxygen atoms in total. The zero-order valence-corrected chi connectivity index (χ0v) is 15.7. The second kappa shape index (κ2) is 8.57. The third-order valence-electron chi connectivity index (χ3n) is 3.36. The van der Waals surface area contributed by atoms with E-state index >= 15 is 0 Å². The Hall–Kier alpha value is -2.74. The van der Waals surface area contributed by atoms with Gasteiger partial charge in [0, 0.05) is 11.3 Å². The van der Waals surface area contributed by atoms with Crippen molar-refractivity contribution in [3.05, 3.63) is 54.1 Å². The highest BCUT2D eigenvalue weighted by atomic mass is 32.2. The van der Waals surface area contributed by atoms with Crippen molar-refractivity contribution >= 4 is 21.6 Å². The van der Waals surface area contributed by atoms with E-state index in [-0.39, 0.29) is 11.9 Å². The maximum absolute atomic E-state index is 12.3. The number of anilines is 1. The van der Waals surface area contributed by atoms with E-state index in [2.05, 4.69) is 10.0 Å². The highest BCUT2D eigenvalue weighted by Crippen LogP contribution is 2.17. The number of hydrogen-bond donors (Lipinski definition) is 2. The molecule has 140 valence electrons. The Balaban J connectivity index is 1.90. The number of hydrogen-bond acceptors (Lipinski definition) is 5. The van der Waals surface area contributed by atoms with E-state index < -0.39 is 10.0 Å². The number of carbonyl (C=O) groups excluding carboxylic acids is 1. The standard InChI is InChI=1S/C18H22N2O5S/c1-13(12-25-17-9-7-16(24-2)8-10-17)19-18(21)14-5-4-6-15(11-14)20-26(3,22)23/h4-11,13,20H,12H2,1-3H3,(H,19,21)/t13-/m1/s1. The molecule has 0 aliphatic carbocycles. The maximum atomic E-state index is 12.3. The maximum Gasteiger partial charge on any atom is 0.251 e. The molecule has 0 heterocycles. The first kappa shape index (κ1) is 19.6. The molecule has 2 rings (SSSR count). The van der Waals surface area contributed by atoms with Gasteiger partial charge in [0.2, 0.25) is 10.0 Å². The van der Waals surface area contributed by atoms with Crippen LogP contribution in [-0.4, -0.2) is 40.3 Å². The fraction of sp³-hybridized carbons (Fsp3) is 0.278. The van der Waals surface area contributed by atoms with Crippen molar-refractivity contribution in [1.29, 1.82) is 0 Å². The van der Waals surface area contributed by atoms with Crippen LogP contribution in [0.15, 0.2) is 48.5 Å². The van der Waals surface area contributed by atoms with Gasteiger partial charge in [0.1, 0.15) is 18.1 Å². The predicted molar refractivity (Wildman–Crippen MR) is 100 cm³/mol. The second-order valence-electron chi connectivity index (χ2n) is 5.82. The summed E-state index contributed by atoms with van der Waals surface area (Å²) in [7, 11) is -1.81. The zero-order chi connectivity index (χ0) is 19.2. The number of carbonyl (C=O) groups is 1. The SMILES string of the molecule is COc1ccc(OC[C@@H](C)NC(=O)c2cccc(NS(C)(=O)=O)c2)cc1. The van der Waals surface area contributed by atoms with Crippen LogP contribution in [0.4, 0.5) is 5.69 Å². The molecule has 0 radical (unpaired) electrons. The fourth-order valence-corrected chi connectivity index (χ4v) is 2.74. The Bertz CT molecular complexity index is 850. The molecule has 1 amide bonds. The molecule has 0 fully saturated rings. The minimum absolute atomic E-state index is 0.240. The number of benzene rings is 2. The van der Waals surface area contributed by atoms with Crippen LogP contribution in [0.2, 0.25) is 0 Å². The van der Waals surface area contributed by atoms with Crippen LogP contribution in [0.3, 0.4) is 0 Å². The Morgan fingerprint density at radius 3 is 2.38 bits per heavy atom. The van der Waals surface area contributed by atoms with Crippen LogP contribution in [0.25, 0.3) is 0 Å². The summed E-state index contributed by atoms with van der Waals surface area (Å²) in [4.78, 5) is 12.3. The molecule has 8 heteroatoms. The topological polar surface area (TPSA) is 93.7 Å². The summed E-state index contributed by atoms with van der Waals surface area (Å²) < 4.78 is 35.6. The average Bonchev–Trinajstić information content (AvgIpc) is 2.59. The van der Waals surface area contributed by atoms with E-state index in [0.717, 1.165) is 12.0 Å². The molecule has 0 aliphatic heterocycles. The molecule has 0 bridgehead atoms. The summed E-state index contributed by atoms with van der Waals surface area (Å²) in [6.07, 6.45) is 1.05. The van der Waals surface area contributed by atoms with Crippen molar-refractivity contribution in [3.63, 3.8) is 0 Å². The normalized spacial score (nSPS) is 12.1. The van der Waals surface area contributed by atoms with Crippen LogP contribution in [0.5, 0.6) is 11.5 Å². The molecule has 26 heavy (non-hydrogen) atoms. The van der Waals surface area contributed by atoms with E-state index in [1.165, 1.54) is 6.07 Å². The van der Waals surface area contributed by atoms with Crippen molar-refractivity contribution in [2.75, 3.05) is 24.7 Å². The van der Waals surface area contributed by atoms with Gasteiger partial charge < -0.3 is 14.8 Å². The molecule has 0 aliphatic rings. The van der Waals surface area contributed by atoms with Gasteiger partial charge in [0.05, 0.1) is 19.4 Å². The first-order valence-corrected chi connectivity index (χ1v) is 9.81. The number of sulfonamides is 1. The van der Waals surface area contributed by atoms with E-state index in [1.54, 1.807) is 49.6 Å². The number of nitrogens with one attached hydrogen (secondary N) is 2. The van der Waals surface area contributed by atoms with Gasteiger partial charge in [-0.25, -0.2) is 8.42 Å². The lowest BCUT2D eigenvalue weighted by molar-refractivity contribution is 0.0926. The van der Waals surface area contributed by atoms with Crippen LogP contribution < -0.4 is 19.5 Å². The largest absolute Gasteiger partial charge is 0.497 e. The van der Waals surface area contributed by atoms with Gasteiger partial charge in [0.25, 0.3) is 5.91 Å². The van der Waals surface area contributed by atoms with Crippen molar-refractivity contribution in [2.45, 2.75) is 13.0 Å². The van der Waals surface area contributed by atoms with Gasteiger partial charge in [-0.05, 0) is 49.4 Å². The summed E-state index contributed by atoms with van der Waals surface area (Å²) in [5.74, 6) is 1.10. The zero-order valence-electron chi connectivity index (χ0n) is 14.9. The molecule has 2 aromatic rings. The molecule has 0 saturated heterocycles. The summed E-state index contributed by atoms with van der Waals surface area (Å²) >= 11 is 0. The highest BCUT2D eigenvalue weighted by molar-refractivity contribution is 7.92. The molecule has 1 atom stereocenters. The van der Waals surface area contributed by atoms with Crippen LogP contribution >= 0.6 is 0 Å². The van der Waals surface area contributed by atoms with Gasteiger partial charge in [-0.15, -0.1) is 0 Å². The molecule has 0 aromatic heterocycles. The smallest absolute Gasteiger partial charge is 0.251 e. The summed E-state index contributed by atoms with van der Waals surface area (Å²) in [6, 6.07) is 13.2. The second-order valence-corrected chi connectivity index (χ2v) is 7.56. The first-order valence-electron chi connectivity index (χ1n) is 7.92. The van der Waals surface area contributed by atoms with Crippen molar-refractivity contribution in [3.8, 4) is 11.5 Å². The number of amides is 1. The average molecular weight is 378 g/mol. The lowest BCUT2D eigenvalue weighted by Crippen LogP contribution is -2.36. The van der Waals surface area contributed by atoms with Gasteiger partial charge in [-0.2, -0.15) is 0 Å². The molecule has 0 unspecified atom stereocenters. The van der Waals surface area contributed by atoms with E-state index in [1.807, 2.05) is 6.92 Å². The van der Waals surface area contributed by atoms with Gasteiger partial charge >= 0.3 is 0 Å². The van der Waals surface area contributed by atoms with E-state index in [4.69, 9.17) is 9.47 Å². The van der Waals surface area contributed by atoms with Crippen LogP contribution in [-0.2, 0) is 10.0 Å². The van der Waals surface area contributed by atoms with Gasteiger partial charge in [0.15, 0.2) is 0 Å². The lowest BCUT2D eigenvalue weighted by atomic mass is 10.2. The molecule has 2 aromatic carbocycles. The summed E-state index contributed by atoms with van der Waals surface area (Å²) in [5, 5.41) is 2.81. The Labute approximate surface area is 153 Å². The molecule has 0 spiro atoms. The molecular formula is C18H22N2O5S. The Morgan fingerprint density at radius 1 is 1.12 bits per heavy atom. The predicted octanol–water partition coefficient (Wildman–Crippen LogP) is 2.26. The summed E-state index contributed by atoms with van der Waals surface area (Å²) in [5.41, 5.74) is 0.692. The van der Waals surface area contributed by atoms with E-state index in [9.17, 15) is 13.2 Å². The highest BCUT2D eigenvalue weighted by Gasteiger charge is 2.12.